The molecule has 5 nitrogen and oxygen atoms in total. The van der Waals surface area contributed by atoms with Crippen molar-refractivity contribution in [1.29, 1.82) is 0 Å². The van der Waals surface area contributed by atoms with Crippen molar-refractivity contribution in [2.45, 2.75) is 19.9 Å². The molecule has 0 saturated heterocycles. The molecule has 1 amide bonds. The number of carbonyl (C=O) groups is 2. The van der Waals surface area contributed by atoms with Crippen molar-refractivity contribution in [2.75, 3.05) is 0 Å². The summed E-state index contributed by atoms with van der Waals surface area (Å²) < 4.78 is 0. The lowest BCUT2D eigenvalue weighted by Crippen LogP contribution is -2.21. The third kappa shape index (κ3) is 3.16. The van der Waals surface area contributed by atoms with E-state index in [1.54, 1.807) is 6.92 Å². The summed E-state index contributed by atoms with van der Waals surface area (Å²) in [4.78, 5) is 26.1. The average molecular weight is 240 g/mol. The first-order valence-corrected chi connectivity index (χ1v) is 5.43. The Morgan fingerprint density at radius 2 is 2.31 bits per heavy atom. The van der Waals surface area contributed by atoms with Crippen LogP contribution in [0.25, 0.3) is 0 Å². The molecule has 0 saturated carbocycles. The van der Waals surface area contributed by atoms with Gasteiger partial charge in [-0.2, -0.15) is 0 Å². The van der Waals surface area contributed by atoms with Gasteiger partial charge in [0.15, 0.2) is 0 Å². The molecular formula is C10H12N2O3S. The minimum Gasteiger partial charge on any atom is -0.477 e. The Kier molecular flexibility index (Phi) is 4.19. The van der Waals surface area contributed by atoms with E-state index in [4.69, 9.17) is 5.11 Å². The van der Waals surface area contributed by atoms with Crippen LogP contribution in [0.4, 0.5) is 0 Å². The van der Waals surface area contributed by atoms with Gasteiger partial charge in [0.2, 0.25) is 5.91 Å². The fourth-order valence-corrected chi connectivity index (χ4v) is 1.95. The van der Waals surface area contributed by atoms with Crippen LogP contribution in [0, 0.1) is 6.92 Å². The molecular weight excluding hydrogens is 228 g/mol. The number of aryl methyl sites for hydroxylation is 1. The smallest absolute Gasteiger partial charge is 0.347 e. The molecule has 16 heavy (non-hydrogen) atoms. The van der Waals surface area contributed by atoms with Crippen LogP contribution in [-0.4, -0.2) is 22.0 Å². The number of nitrogens with one attached hydrogen (secondary N) is 1. The summed E-state index contributed by atoms with van der Waals surface area (Å²) in [6.07, 6.45) is 1.75. The highest BCUT2D eigenvalue weighted by atomic mass is 32.1. The van der Waals surface area contributed by atoms with Crippen LogP contribution in [-0.2, 0) is 11.3 Å². The molecule has 1 heterocycles. The Balaban J connectivity index is 2.61. The zero-order valence-electron chi connectivity index (χ0n) is 8.82. The van der Waals surface area contributed by atoms with Gasteiger partial charge in [-0.3, -0.25) is 4.79 Å². The maximum Gasteiger partial charge on any atom is 0.347 e. The maximum atomic E-state index is 11.1. The fourth-order valence-electron chi connectivity index (χ4n) is 1.10. The van der Waals surface area contributed by atoms with Gasteiger partial charge in [-0.1, -0.05) is 6.08 Å². The minimum atomic E-state index is -0.987. The van der Waals surface area contributed by atoms with E-state index in [1.807, 2.05) is 0 Å². The van der Waals surface area contributed by atoms with E-state index in [0.29, 0.717) is 10.7 Å². The third-order valence-electron chi connectivity index (χ3n) is 1.80. The number of aromatic carboxylic acids is 1. The molecule has 2 N–H and O–H groups in total. The molecule has 0 fully saturated rings. The van der Waals surface area contributed by atoms with Crippen LogP contribution in [0.15, 0.2) is 12.7 Å². The highest BCUT2D eigenvalue weighted by Gasteiger charge is 2.13. The predicted octanol–water partition coefficient (Wildman–Crippen LogP) is 1.34. The van der Waals surface area contributed by atoms with Crippen LogP contribution >= 0.6 is 11.3 Å². The monoisotopic (exact) mass is 240 g/mol. The number of hydrogen-bond donors (Lipinski definition) is 2. The van der Waals surface area contributed by atoms with Crippen molar-refractivity contribution in [3.8, 4) is 0 Å². The summed E-state index contributed by atoms with van der Waals surface area (Å²) in [6, 6.07) is 0. The summed E-state index contributed by atoms with van der Waals surface area (Å²) in [6.45, 7) is 5.33. The number of carboxylic acids is 1. The Bertz CT molecular complexity index is 426. The highest BCUT2D eigenvalue weighted by Crippen LogP contribution is 2.17. The van der Waals surface area contributed by atoms with Gasteiger partial charge < -0.3 is 10.4 Å². The number of aromatic nitrogens is 1. The summed E-state index contributed by atoms with van der Waals surface area (Å²) in [5.41, 5.74) is 0.477. The quantitative estimate of drug-likeness (QED) is 0.761. The number of nitrogens with zero attached hydrogens (tertiary/aromatic N) is 1. The molecule has 1 aromatic heterocycles. The van der Waals surface area contributed by atoms with Gasteiger partial charge in [-0.15, -0.1) is 17.9 Å². The van der Waals surface area contributed by atoms with Crippen molar-refractivity contribution in [3.63, 3.8) is 0 Å². The van der Waals surface area contributed by atoms with E-state index in [2.05, 4.69) is 16.9 Å². The van der Waals surface area contributed by atoms with Gasteiger partial charge in [0.25, 0.3) is 0 Å². The molecule has 0 spiro atoms. The lowest BCUT2D eigenvalue weighted by atomic mass is 10.4. The minimum absolute atomic E-state index is 0.153. The normalized spacial score (nSPS) is 9.81. The third-order valence-corrected chi connectivity index (χ3v) is 2.95. The fraction of sp³-hybridized carbons (Fsp3) is 0.300. The van der Waals surface area contributed by atoms with Crippen molar-refractivity contribution in [3.05, 3.63) is 28.2 Å². The number of thiazole rings is 1. The van der Waals surface area contributed by atoms with Gasteiger partial charge in [-0.25, -0.2) is 9.78 Å². The summed E-state index contributed by atoms with van der Waals surface area (Å²) in [5, 5.41) is 12.0. The van der Waals surface area contributed by atoms with Crippen LogP contribution in [0.5, 0.6) is 0 Å². The Morgan fingerprint density at radius 1 is 1.62 bits per heavy atom. The number of rotatable bonds is 5. The molecule has 0 aliphatic heterocycles. The van der Waals surface area contributed by atoms with E-state index < -0.39 is 5.97 Å². The van der Waals surface area contributed by atoms with E-state index in [-0.39, 0.29) is 23.7 Å². The number of hydrogen-bond acceptors (Lipinski definition) is 4. The molecule has 1 rings (SSSR count). The molecule has 0 aliphatic rings. The van der Waals surface area contributed by atoms with E-state index in [9.17, 15) is 9.59 Å². The van der Waals surface area contributed by atoms with E-state index in [1.165, 1.54) is 6.08 Å². The number of carboxylic acid groups (broad SMARTS) is 1. The second-order valence-corrected chi connectivity index (χ2v) is 4.18. The van der Waals surface area contributed by atoms with Crippen LogP contribution in [0.3, 0.4) is 0 Å². The average Bonchev–Trinajstić information content (AvgIpc) is 2.57. The first kappa shape index (κ1) is 12.4. The maximum absolute atomic E-state index is 11.1. The van der Waals surface area contributed by atoms with E-state index in [0.717, 1.165) is 11.3 Å². The molecule has 0 aromatic carbocycles. The molecule has 0 aliphatic carbocycles. The van der Waals surface area contributed by atoms with Crippen molar-refractivity contribution in [1.82, 2.24) is 10.3 Å². The van der Waals surface area contributed by atoms with Crippen LogP contribution < -0.4 is 5.32 Å². The zero-order chi connectivity index (χ0) is 12.1. The molecule has 0 unspecified atom stereocenters. The van der Waals surface area contributed by atoms with E-state index >= 15 is 0 Å². The highest BCUT2D eigenvalue weighted by molar-refractivity contribution is 7.13. The summed E-state index contributed by atoms with van der Waals surface area (Å²) in [7, 11) is 0. The second-order valence-electron chi connectivity index (χ2n) is 3.10. The second kappa shape index (κ2) is 5.41. The molecule has 86 valence electrons. The molecule has 1 aromatic rings. The topological polar surface area (TPSA) is 79.3 Å². The first-order chi connectivity index (χ1) is 7.54. The first-order valence-electron chi connectivity index (χ1n) is 4.61. The van der Waals surface area contributed by atoms with Crippen LogP contribution in [0.1, 0.15) is 26.8 Å². The molecule has 0 atom stereocenters. The lowest BCUT2D eigenvalue weighted by molar-refractivity contribution is -0.120. The van der Waals surface area contributed by atoms with Gasteiger partial charge >= 0.3 is 5.97 Å². The van der Waals surface area contributed by atoms with Crippen LogP contribution in [0.2, 0.25) is 0 Å². The SMILES string of the molecule is C=CCC(=O)NCc1nc(C)c(C(=O)O)s1. The largest absolute Gasteiger partial charge is 0.477 e. The Labute approximate surface area is 96.8 Å². The van der Waals surface area contributed by atoms with Crippen molar-refractivity contribution >= 4 is 23.2 Å². The number of amides is 1. The zero-order valence-corrected chi connectivity index (χ0v) is 9.63. The van der Waals surface area contributed by atoms with Gasteiger partial charge in [-0.05, 0) is 6.92 Å². The van der Waals surface area contributed by atoms with Gasteiger partial charge in [0.1, 0.15) is 9.88 Å². The summed E-state index contributed by atoms with van der Waals surface area (Å²) >= 11 is 1.08. The van der Waals surface area contributed by atoms with Gasteiger partial charge in [0.05, 0.1) is 12.2 Å². The van der Waals surface area contributed by atoms with Gasteiger partial charge in [0, 0.05) is 6.42 Å². The van der Waals surface area contributed by atoms with Crippen molar-refractivity contribution in [2.24, 2.45) is 0 Å². The lowest BCUT2D eigenvalue weighted by Gasteiger charge is -1.98. The number of carbonyl (C=O) groups excluding carboxylic acids is 1. The predicted molar refractivity (Wildman–Crippen MR) is 60.5 cm³/mol. The van der Waals surface area contributed by atoms with Crippen molar-refractivity contribution < 1.29 is 14.7 Å². The Morgan fingerprint density at radius 3 is 2.81 bits per heavy atom. The molecule has 0 radical (unpaired) electrons. The molecule has 0 bridgehead atoms. The molecule has 6 heteroatoms. The Hall–Kier alpha value is -1.69. The standard InChI is InChI=1S/C10H12N2O3S/c1-3-4-7(13)11-5-8-12-6(2)9(16-8)10(14)15/h3H,1,4-5H2,2H3,(H,11,13)(H,14,15). The summed E-state index contributed by atoms with van der Waals surface area (Å²) in [5.74, 6) is -1.14.